The molecule has 0 aliphatic heterocycles. The van der Waals surface area contributed by atoms with Crippen LogP contribution in [-0.2, 0) is 0 Å². The van der Waals surface area contributed by atoms with Crippen molar-refractivity contribution in [1.29, 1.82) is 0 Å². The summed E-state index contributed by atoms with van der Waals surface area (Å²) >= 11 is 5.67. The lowest BCUT2D eigenvalue weighted by atomic mass is 10.3. The maximum Gasteiger partial charge on any atom is 0.0639 e. The molecular formula is C8H13ClN2. The number of pyridine rings is 1. The molecule has 0 aliphatic carbocycles. The highest BCUT2D eigenvalue weighted by molar-refractivity contribution is 6.31. The van der Waals surface area contributed by atoms with Crippen LogP contribution in [-0.4, -0.2) is 4.98 Å². The number of nitrogen functional groups attached to an aromatic ring is 1. The summed E-state index contributed by atoms with van der Waals surface area (Å²) < 4.78 is 0. The largest absolute Gasteiger partial charge is 0.397 e. The molecule has 0 amide bonds. The van der Waals surface area contributed by atoms with E-state index in [4.69, 9.17) is 17.3 Å². The van der Waals surface area contributed by atoms with Crippen molar-refractivity contribution in [2.75, 3.05) is 5.73 Å². The zero-order valence-corrected chi connectivity index (χ0v) is 7.81. The summed E-state index contributed by atoms with van der Waals surface area (Å²) in [6, 6.07) is 1.68. The van der Waals surface area contributed by atoms with Crippen LogP contribution in [0.4, 0.5) is 5.69 Å². The fraction of sp³-hybridized carbons (Fsp3) is 0.375. The topological polar surface area (TPSA) is 38.9 Å². The Kier molecular flexibility index (Phi) is 4.62. The molecule has 1 aromatic heterocycles. The molecule has 1 aromatic rings. The first-order chi connectivity index (χ1) is 5.20. The summed E-state index contributed by atoms with van der Waals surface area (Å²) in [6.07, 6.45) is 1.58. The monoisotopic (exact) mass is 172 g/mol. The molecule has 1 rings (SSSR count). The SMILES string of the molecule is CC.Cc1ncc(N)cc1Cl. The molecule has 0 radical (unpaired) electrons. The molecular weight excluding hydrogens is 160 g/mol. The van der Waals surface area contributed by atoms with E-state index in [0.29, 0.717) is 10.7 Å². The number of halogens is 1. The standard InChI is InChI=1S/C6H7ClN2.C2H6/c1-4-6(7)2-5(8)3-9-4;1-2/h2-3H,8H2,1H3;1-2H3. The van der Waals surface area contributed by atoms with E-state index in [1.54, 1.807) is 12.3 Å². The van der Waals surface area contributed by atoms with Gasteiger partial charge in [-0.1, -0.05) is 25.4 Å². The fourth-order valence-corrected chi connectivity index (χ4v) is 0.696. The van der Waals surface area contributed by atoms with Crippen LogP contribution < -0.4 is 5.73 Å². The Morgan fingerprint density at radius 3 is 2.36 bits per heavy atom. The van der Waals surface area contributed by atoms with E-state index in [2.05, 4.69) is 4.98 Å². The van der Waals surface area contributed by atoms with Crippen LogP contribution >= 0.6 is 11.6 Å². The lowest BCUT2D eigenvalue weighted by Crippen LogP contribution is -1.88. The molecule has 0 aromatic carbocycles. The third-order valence-corrected chi connectivity index (χ3v) is 1.43. The van der Waals surface area contributed by atoms with E-state index in [-0.39, 0.29) is 0 Å². The Balaban J connectivity index is 0.000000461. The van der Waals surface area contributed by atoms with E-state index >= 15 is 0 Å². The first kappa shape index (κ1) is 10.2. The van der Waals surface area contributed by atoms with Gasteiger partial charge in [-0.15, -0.1) is 0 Å². The van der Waals surface area contributed by atoms with Gasteiger partial charge in [0.05, 0.1) is 22.6 Å². The normalized spacial score (nSPS) is 8.36. The second kappa shape index (κ2) is 4.97. The van der Waals surface area contributed by atoms with Gasteiger partial charge in [0.2, 0.25) is 0 Å². The minimum atomic E-state index is 0.602. The molecule has 0 spiro atoms. The first-order valence-electron chi connectivity index (χ1n) is 3.58. The number of nitrogens with two attached hydrogens (primary N) is 1. The van der Waals surface area contributed by atoms with Crippen LogP contribution in [0.15, 0.2) is 12.3 Å². The number of nitrogens with zero attached hydrogens (tertiary/aromatic N) is 1. The summed E-state index contributed by atoms with van der Waals surface area (Å²) in [4.78, 5) is 3.92. The van der Waals surface area contributed by atoms with Gasteiger partial charge in [-0.3, -0.25) is 4.98 Å². The van der Waals surface area contributed by atoms with Gasteiger partial charge in [-0.2, -0.15) is 0 Å². The third kappa shape index (κ3) is 3.23. The van der Waals surface area contributed by atoms with Gasteiger partial charge in [-0.25, -0.2) is 0 Å². The quantitative estimate of drug-likeness (QED) is 0.654. The first-order valence-corrected chi connectivity index (χ1v) is 3.95. The molecule has 62 valence electrons. The highest BCUT2D eigenvalue weighted by Crippen LogP contribution is 2.14. The average Bonchev–Trinajstić information content (AvgIpc) is 2.02. The Labute approximate surface area is 72.4 Å². The van der Waals surface area contributed by atoms with Crippen molar-refractivity contribution >= 4 is 17.3 Å². The number of anilines is 1. The van der Waals surface area contributed by atoms with Crippen LogP contribution in [0.5, 0.6) is 0 Å². The van der Waals surface area contributed by atoms with Crippen LogP contribution in [0.25, 0.3) is 0 Å². The lowest BCUT2D eigenvalue weighted by Gasteiger charge is -1.95. The summed E-state index contributed by atoms with van der Waals surface area (Å²) in [7, 11) is 0. The van der Waals surface area contributed by atoms with Crippen molar-refractivity contribution in [2.24, 2.45) is 0 Å². The van der Waals surface area contributed by atoms with E-state index in [0.717, 1.165) is 5.69 Å². The highest BCUT2D eigenvalue weighted by atomic mass is 35.5. The van der Waals surface area contributed by atoms with Crippen molar-refractivity contribution in [3.63, 3.8) is 0 Å². The fourth-order valence-electron chi connectivity index (χ4n) is 0.521. The van der Waals surface area contributed by atoms with E-state index in [9.17, 15) is 0 Å². The minimum Gasteiger partial charge on any atom is -0.397 e. The number of aromatic nitrogens is 1. The molecule has 0 saturated carbocycles. The number of aryl methyl sites for hydroxylation is 1. The third-order valence-electron chi connectivity index (χ3n) is 1.05. The summed E-state index contributed by atoms with van der Waals surface area (Å²) in [6.45, 7) is 5.84. The van der Waals surface area contributed by atoms with Crippen LogP contribution in [0.1, 0.15) is 19.5 Å². The van der Waals surface area contributed by atoms with Gasteiger partial charge in [0, 0.05) is 0 Å². The van der Waals surface area contributed by atoms with E-state index < -0.39 is 0 Å². The maximum atomic E-state index is 5.67. The van der Waals surface area contributed by atoms with Crippen molar-refractivity contribution in [2.45, 2.75) is 20.8 Å². The van der Waals surface area contributed by atoms with E-state index in [1.807, 2.05) is 20.8 Å². The molecule has 0 atom stereocenters. The van der Waals surface area contributed by atoms with Crippen LogP contribution in [0.3, 0.4) is 0 Å². The summed E-state index contributed by atoms with van der Waals surface area (Å²) in [5, 5.41) is 0.620. The van der Waals surface area contributed by atoms with Gasteiger partial charge in [0.25, 0.3) is 0 Å². The Hall–Kier alpha value is -0.760. The summed E-state index contributed by atoms with van der Waals surface area (Å²) in [5.41, 5.74) is 6.79. The van der Waals surface area contributed by atoms with Gasteiger partial charge < -0.3 is 5.73 Å². The predicted octanol–water partition coefficient (Wildman–Crippen LogP) is 2.65. The molecule has 2 nitrogen and oxygen atoms in total. The predicted molar refractivity (Wildman–Crippen MR) is 49.7 cm³/mol. The molecule has 11 heavy (non-hydrogen) atoms. The van der Waals surface area contributed by atoms with Gasteiger partial charge in [0.15, 0.2) is 0 Å². The Bertz CT molecular complexity index is 223. The Morgan fingerprint density at radius 2 is 2.00 bits per heavy atom. The second-order valence-electron chi connectivity index (χ2n) is 1.84. The molecule has 2 N–H and O–H groups in total. The molecule has 1 heterocycles. The molecule has 0 aliphatic rings. The maximum absolute atomic E-state index is 5.67. The zero-order chi connectivity index (χ0) is 8.85. The second-order valence-corrected chi connectivity index (χ2v) is 2.24. The number of hydrogen-bond acceptors (Lipinski definition) is 2. The van der Waals surface area contributed by atoms with Gasteiger partial charge >= 0.3 is 0 Å². The van der Waals surface area contributed by atoms with Gasteiger partial charge in [-0.05, 0) is 13.0 Å². The van der Waals surface area contributed by atoms with Crippen molar-refractivity contribution in [1.82, 2.24) is 4.98 Å². The van der Waals surface area contributed by atoms with Crippen molar-refractivity contribution < 1.29 is 0 Å². The molecule has 0 saturated heterocycles. The smallest absolute Gasteiger partial charge is 0.0639 e. The Morgan fingerprint density at radius 1 is 1.45 bits per heavy atom. The minimum absolute atomic E-state index is 0.602. The molecule has 3 heteroatoms. The molecule has 0 unspecified atom stereocenters. The van der Waals surface area contributed by atoms with Gasteiger partial charge in [0.1, 0.15) is 0 Å². The van der Waals surface area contributed by atoms with Crippen molar-refractivity contribution in [3.8, 4) is 0 Å². The number of rotatable bonds is 0. The van der Waals surface area contributed by atoms with E-state index in [1.165, 1.54) is 0 Å². The summed E-state index contributed by atoms with van der Waals surface area (Å²) in [5.74, 6) is 0. The number of hydrogen-bond donors (Lipinski definition) is 1. The molecule has 0 bridgehead atoms. The van der Waals surface area contributed by atoms with Crippen LogP contribution in [0.2, 0.25) is 5.02 Å². The molecule has 0 fully saturated rings. The average molecular weight is 173 g/mol. The van der Waals surface area contributed by atoms with Crippen LogP contribution in [0, 0.1) is 6.92 Å². The highest BCUT2D eigenvalue weighted by Gasteiger charge is 1.93. The van der Waals surface area contributed by atoms with Crippen molar-refractivity contribution in [3.05, 3.63) is 23.0 Å². The zero-order valence-electron chi connectivity index (χ0n) is 7.06. The lowest BCUT2D eigenvalue weighted by molar-refractivity contribution is 1.20.